The molecule has 1 amide bonds. The van der Waals surface area contributed by atoms with Crippen molar-refractivity contribution in [2.45, 2.75) is 38.6 Å². The van der Waals surface area contributed by atoms with Crippen LogP contribution in [-0.2, 0) is 11.2 Å². The van der Waals surface area contributed by atoms with E-state index in [9.17, 15) is 4.79 Å². The number of nitrogens with zero attached hydrogens (tertiary/aromatic N) is 1. The summed E-state index contributed by atoms with van der Waals surface area (Å²) in [5.41, 5.74) is 1.05. The Morgan fingerprint density at radius 1 is 1.25 bits per heavy atom. The van der Waals surface area contributed by atoms with E-state index in [0.717, 1.165) is 16.6 Å². The summed E-state index contributed by atoms with van der Waals surface area (Å²) in [5, 5.41) is 3.05. The SMILES string of the molecule is CC(CNC(=O)Cc1ccc(Br)cc1)N1CCCCC1. The fourth-order valence-corrected chi connectivity index (χ4v) is 2.86. The second-order valence-corrected chi connectivity index (χ2v) is 6.47. The average molecular weight is 339 g/mol. The zero-order valence-electron chi connectivity index (χ0n) is 12.1. The van der Waals surface area contributed by atoms with Crippen molar-refractivity contribution in [3.63, 3.8) is 0 Å². The van der Waals surface area contributed by atoms with E-state index >= 15 is 0 Å². The van der Waals surface area contributed by atoms with Crippen molar-refractivity contribution in [3.8, 4) is 0 Å². The van der Waals surface area contributed by atoms with Gasteiger partial charge in [-0.05, 0) is 50.6 Å². The molecule has 1 fully saturated rings. The highest BCUT2D eigenvalue weighted by Crippen LogP contribution is 2.12. The lowest BCUT2D eigenvalue weighted by Gasteiger charge is -2.32. The molecular formula is C16H23BrN2O. The van der Waals surface area contributed by atoms with E-state index in [1.54, 1.807) is 0 Å². The van der Waals surface area contributed by atoms with E-state index in [-0.39, 0.29) is 5.91 Å². The van der Waals surface area contributed by atoms with Crippen molar-refractivity contribution in [1.82, 2.24) is 10.2 Å². The fraction of sp³-hybridized carbons (Fsp3) is 0.562. The van der Waals surface area contributed by atoms with Crippen LogP contribution in [0.1, 0.15) is 31.7 Å². The van der Waals surface area contributed by atoms with Gasteiger partial charge in [-0.2, -0.15) is 0 Å². The standard InChI is InChI=1S/C16H23BrN2O/c1-13(19-9-3-2-4-10-19)12-18-16(20)11-14-5-7-15(17)8-6-14/h5-8,13H,2-4,9-12H2,1H3,(H,18,20). The first-order chi connectivity index (χ1) is 9.65. The molecule has 0 aromatic heterocycles. The van der Waals surface area contributed by atoms with Crippen LogP contribution >= 0.6 is 15.9 Å². The Morgan fingerprint density at radius 2 is 1.90 bits per heavy atom. The van der Waals surface area contributed by atoms with Gasteiger partial charge < -0.3 is 5.32 Å². The fourth-order valence-electron chi connectivity index (χ4n) is 2.60. The normalized spacial score (nSPS) is 17.7. The average Bonchev–Trinajstić information content (AvgIpc) is 2.48. The molecule has 1 N–H and O–H groups in total. The summed E-state index contributed by atoms with van der Waals surface area (Å²) in [6.07, 6.45) is 4.38. The number of piperidine rings is 1. The van der Waals surface area contributed by atoms with Gasteiger partial charge in [0.15, 0.2) is 0 Å². The number of carbonyl (C=O) groups excluding carboxylic acids is 1. The quantitative estimate of drug-likeness (QED) is 0.895. The van der Waals surface area contributed by atoms with Gasteiger partial charge in [0.2, 0.25) is 5.91 Å². The first-order valence-electron chi connectivity index (χ1n) is 7.40. The molecule has 1 heterocycles. The van der Waals surface area contributed by atoms with Crippen molar-refractivity contribution in [2.75, 3.05) is 19.6 Å². The molecule has 1 aliphatic rings. The third kappa shape index (κ3) is 4.91. The molecule has 0 aliphatic carbocycles. The van der Waals surface area contributed by atoms with Gasteiger partial charge in [0.05, 0.1) is 6.42 Å². The monoisotopic (exact) mass is 338 g/mol. The highest BCUT2D eigenvalue weighted by atomic mass is 79.9. The van der Waals surface area contributed by atoms with E-state index < -0.39 is 0 Å². The van der Waals surface area contributed by atoms with Gasteiger partial charge in [0.25, 0.3) is 0 Å². The van der Waals surface area contributed by atoms with Crippen molar-refractivity contribution in [2.24, 2.45) is 0 Å². The molecule has 4 heteroatoms. The predicted octanol–water partition coefficient (Wildman–Crippen LogP) is 2.98. The third-order valence-corrected chi connectivity index (χ3v) is 4.42. The zero-order chi connectivity index (χ0) is 14.4. The number of hydrogen-bond donors (Lipinski definition) is 1. The molecule has 0 radical (unpaired) electrons. The lowest BCUT2D eigenvalue weighted by Crippen LogP contribution is -2.44. The first kappa shape index (κ1) is 15.5. The van der Waals surface area contributed by atoms with E-state index in [2.05, 4.69) is 33.1 Å². The van der Waals surface area contributed by atoms with E-state index in [4.69, 9.17) is 0 Å². The number of rotatable bonds is 5. The van der Waals surface area contributed by atoms with Crippen LogP contribution < -0.4 is 5.32 Å². The summed E-state index contributed by atoms with van der Waals surface area (Å²) in [5.74, 6) is 0.108. The third-order valence-electron chi connectivity index (χ3n) is 3.89. The van der Waals surface area contributed by atoms with Gasteiger partial charge in [0, 0.05) is 17.1 Å². The van der Waals surface area contributed by atoms with Crippen LogP contribution in [-0.4, -0.2) is 36.5 Å². The minimum Gasteiger partial charge on any atom is -0.354 e. The van der Waals surface area contributed by atoms with Crippen LogP contribution in [0.25, 0.3) is 0 Å². The van der Waals surface area contributed by atoms with Crippen LogP contribution in [0.5, 0.6) is 0 Å². The van der Waals surface area contributed by atoms with Gasteiger partial charge >= 0.3 is 0 Å². The summed E-state index contributed by atoms with van der Waals surface area (Å²) >= 11 is 3.40. The number of hydrogen-bond acceptors (Lipinski definition) is 2. The minimum absolute atomic E-state index is 0.108. The lowest BCUT2D eigenvalue weighted by atomic mass is 10.1. The number of amides is 1. The number of likely N-dealkylation sites (tertiary alicyclic amines) is 1. The topological polar surface area (TPSA) is 32.3 Å². The van der Waals surface area contributed by atoms with Crippen molar-refractivity contribution < 1.29 is 4.79 Å². The smallest absolute Gasteiger partial charge is 0.224 e. The molecule has 1 atom stereocenters. The summed E-state index contributed by atoms with van der Waals surface area (Å²) in [7, 11) is 0. The number of halogens is 1. The molecule has 3 nitrogen and oxygen atoms in total. The molecule has 1 aromatic carbocycles. The maximum absolute atomic E-state index is 11.9. The Kier molecular flexibility index (Phi) is 6.05. The van der Waals surface area contributed by atoms with Gasteiger partial charge in [-0.15, -0.1) is 0 Å². The summed E-state index contributed by atoms with van der Waals surface area (Å²) < 4.78 is 1.04. The number of benzene rings is 1. The van der Waals surface area contributed by atoms with Crippen LogP contribution in [0.4, 0.5) is 0 Å². The zero-order valence-corrected chi connectivity index (χ0v) is 13.7. The Bertz CT molecular complexity index is 427. The predicted molar refractivity (Wildman–Crippen MR) is 85.7 cm³/mol. The van der Waals surface area contributed by atoms with Gasteiger partial charge in [-0.1, -0.05) is 34.5 Å². The maximum atomic E-state index is 11.9. The summed E-state index contributed by atoms with van der Waals surface area (Å²) in [6, 6.07) is 8.34. The van der Waals surface area contributed by atoms with Crippen LogP contribution in [0.15, 0.2) is 28.7 Å². The molecular weight excluding hydrogens is 316 g/mol. The molecule has 0 saturated carbocycles. The summed E-state index contributed by atoms with van der Waals surface area (Å²) in [6.45, 7) is 5.29. The molecule has 110 valence electrons. The highest BCUT2D eigenvalue weighted by Gasteiger charge is 2.17. The van der Waals surface area contributed by atoms with Gasteiger partial charge in [-0.25, -0.2) is 0 Å². The maximum Gasteiger partial charge on any atom is 0.224 e. The largest absolute Gasteiger partial charge is 0.354 e. The van der Waals surface area contributed by atoms with E-state index in [0.29, 0.717) is 12.5 Å². The minimum atomic E-state index is 0.108. The first-order valence-corrected chi connectivity index (χ1v) is 8.19. The van der Waals surface area contributed by atoms with Crippen LogP contribution in [0.2, 0.25) is 0 Å². The summed E-state index contributed by atoms with van der Waals surface area (Å²) in [4.78, 5) is 14.4. The molecule has 20 heavy (non-hydrogen) atoms. The van der Waals surface area contributed by atoms with Gasteiger partial charge in [-0.3, -0.25) is 9.69 Å². The van der Waals surface area contributed by atoms with Gasteiger partial charge in [0.1, 0.15) is 0 Å². The molecule has 1 aromatic rings. The molecule has 1 saturated heterocycles. The number of nitrogens with one attached hydrogen (secondary N) is 1. The van der Waals surface area contributed by atoms with Crippen molar-refractivity contribution in [3.05, 3.63) is 34.3 Å². The Balaban J connectivity index is 1.72. The number of carbonyl (C=O) groups is 1. The Hall–Kier alpha value is -0.870. The molecule has 0 spiro atoms. The highest BCUT2D eigenvalue weighted by molar-refractivity contribution is 9.10. The molecule has 0 bridgehead atoms. The molecule has 1 unspecified atom stereocenters. The van der Waals surface area contributed by atoms with E-state index in [1.165, 1.54) is 32.4 Å². The van der Waals surface area contributed by atoms with Crippen molar-refractivity contribution in [1.29, 1.82) is 0 Å². The van der Waals surface area contributed by atoms with Crippen molar-refractivity contribution >= 4 is 21.8 Å². The second-order valence-electron chi connectivity index (χ2n) is 5.55. The molecule has 1 aliphatic heterocycles. The Labute approximate surface area is 129 Å². The van der Waals surface area contributed by atoms with Crippen LogP contribution in [0, 0.1) is 0 Å². The van der Waals surface area contributed by atoms with Crippen LogP contribution in [0.3, 0.4) is 0 Å². The van der Waals surface area contributed by atoms with E-state index in [1.807, 2.05) is 24.3 Å². The second kappa shape index (κ2) is 7.79. The lowest BCUT2D eigenvalue weighted by molar-refractivity contribution is -0.120. The Morgan fingerprint density at radius 3 is 2.55 bits per heavy atom. The molecule has 2 rings (SSSR count).